The molecule has 1 aliphatic rings. The quantitative estimate of drug-likeness (QED) is 0.175. The van der Waals surface area contributed by atoms with Crippen LogP contribution in [0.15, 0.2) is 158 Å². The summed E-state index contributed by atoms with van der Waals surface area (Å²) in [7, 11) is 0. The first-order valence-corrected chi connectivity index (χ1v) is 17.0. The van der Waals surface area contributed by atoms with Crippen molar-refractivity contribution in [3.05, 3.63) is 186 Å². The van der Waals surface area contributed by atoms with E-state index in [4.69, 9.17) is 9.97 Å². The standard InChI is InChI=1S/C47H38N2/c1-31-24-25-36(37-26-27-39-38-22-14-15-23-41(38)47(3,4)42(39)30-37)29-40(31)43-44(32(2)28-33-16-8-5-9-17-33)48-46(35-20-12-7-13-21-35)49-45(43)34-18-10-6-11-19-34/h5-27,29-30H,2,28H2,1,3-4H3. The summed E-state index contributed by atoms with van der Waals surface area (Å²) in [6, 6.07) is 53.9. The van der Waals surface area contributed by atoms with E-state index in [1.807, 2.05) is 18.2 Å². The van der Waals surface area contributed by atoms with E-state index < -0.39 is 0 Å². The fraction of sp³-hybridized carbons (Fsp3) is 0.106. The molecule has 1 aliphatic carbocycles. The van der Waals surface area contributed by atoms with Crippen LogP contribution in [0.1, 0.15) is 41.8 Å². The van der Waals surface area contributed by atoms with Crippen LogP contribution >= 0.6 is 0 Å². The van der Waals surface area contributed by atoms with Crippen LogP contribution in [0.25, 0.3) is 61.6 Å². The van der Waals surface area contributed by atoms with Crippen molar-refractivity contribution in [1.29, 1.82) is 0 Å². The predicted octanol–water partition coefficient (Wildman–Crippen LogP) is 12.0. The predicted molar refractivity (Wildman–Crippen MR) is 205 cm³/mol. The van der Waals surface area contributed by atoms with Crippen molar-refractivity contribution in [3.8, 4) is 56.0 Å². The fourth-order valence-corrected chi connectivity index (χ4v) is 7.37. The molecule has 0 bridgehead atoms. The van der Waals surface area contributed by atoms with Gasteiger partial charge in [0.1, 0.15) is 0 Å². The molecule has 2 nitrogen and oxygen atoms in total. The van der Waals surface area contributed by atoms with Crippen LogP contribution in [-0.4, -0.2) is 9.97 Å². The number of nitrogens with zero attached hydrogens (tertiary/aromatic N) is 2. The van der Waals surface area contributed by atoms with Crippen LogP contribution < -0.4 is 0 Å². The highest BCUT2D eigenvalue weighted by Gasteiger charge is 2.35. The highest BCUT2D eigenvalue weighted by molar-refractivity contribution is 5.93. The summed E-state index contributed by atoms with van der Waals surface area (Å²) < 4.78 is 0. The Labute approximate surface area is 289 Å². The van der Waals surface area contributed by atoms with Crippen molar-refractivity contribution < 1.29 is 0 Å². The number of rotatable bonds is 7. The molecule has 1 heterocycles. The molecule has 0 saturated carbocycles. The molecule has 0 unspecified atom stereocenters. The van der Waals surface area contributed by atoms with Crippen molar-refractivity contribution in [2.24, 2.45) is 0 Å². The molecule has 2 heteroatoms. The van der Waals surface area contributed by atoms with E-state index in [-0.39, 0.29) is 5.41 Å². The highest BCUT2D eigenvalue weighted by atomic mass is 14.9. The van der Waals surface area contributed by atoms with Crippen LogP contribution in [0.5, 0.6) is 0 Å². The zero-order chi connectivity index (χ0) is 33.5. The molecule has 0 spiro atoms. The van der Waals surface area contributed by atoms with Crippen LogP contribution in [0.4, 0.5) is 0 Å². The van der Waals surface area contributed by atoms with Gasteiger partial charge in [0.15, 0.2) is 5.82 Å². The maximum atomic E-state index is 5.32. The second-order valence-corrected chi connectivity index (χ2v) is 13.6. The van der Waals surface area contributed by atoms with Gasteiger partial charge in [-0.15, -0.1) is 0 Å². The number of benzene rings is 6. The van der Waals surface area contributed by atoms with Gasteiger partial charge in [0.05, 0.1) is 11.4 Å². The second kappa shape index (κ2) is 12.3. The first kappa shape index (κ1) is 30.5. The van der Waals surface area contributed by atoms with Crippen LogP contribution in [0, 0.1) is 6.92 Å². The third kappa shape index (κ3) is 5.50. The Morgan fingerprint density at radius 3 is 1.88 bits per heavy atom. The lowest BCUT2D eigenvalue weighted by molar-refractivity contribution is 0.660. The van der Waals surface area contributed by atoms with Gasteiger partial charge in [-0.2, -0.15) is 0 Å². The molecule has 6 aromatic carbocycles. The molecule has 0 radical (unpaired) electrons. The lowest BCUT2D eigenvalue weighted by Crippen LogP contribution is -2.14. The van der Waals surface area contributed by atoms with E-state index in [9.17, 15) is 0 Å². The summed E-state index contributed by atoms with van der Waals surface area (Å²) in [5.74, 6) is 0.696. The van der Waals surface area contributed by atoms with E-state index in [1.165, 1.54) is 44.5 Å². The Kier molecular flexibility index (Phi) is 7.65. The van der Waals surface area contributed by atoms with Gasteiger partial charge in [-0.25, -0.2) is 9.97 Å². The molecule has 0 saturated heterocycles. The van der Waals surface area contributed by atoms with E-state index in [2.05, 4.69) is 161 Å². The molecule has 0 fully saturated rings. The van der Waals surface area contributed by atoms with Crippen molar-refractivity contribution in [2.75, 3.05) is 0 Å². The Bertz CT molecular complexity index is 2330. The summed E-state index contributed by atoms with van der Waals surface area (Å²) in [4.78, 5) is 10.6. The maximum absolute atomic E-state index is 5.32. The maximum Gasteiger partial charge on any atom is 0.160 e. The number of allylic oxidation sites excluding steroid dienone is 1. The van der Waals surface area contributed by atoms with Gasteiger partial charge in [-0.05, 0) is 81.1 Å². The number of hydrogen-bond acceptors (Lipinski definition) is 2. The molecule has 0 atom stereocenters. The molecular weight excluding hydrogens is 593 g/mol. The highest BCUT2D eigenvalue weighted by Crippen LogP contribution is 2.50. The van der Waals surface area contributed by atoms with Gasteiger partial charge in [0, 0.05) is 22.1 Å². The smallest absolute Gasteiger partial charge is 0.160 e. The minimum Gasteiger partial charge on any atom is -0.228 e. The van der Waals surface area contributed by atoms with Gasteiger partial charge in [-0.1, -0.05) is 160 Å². The topological polar surface area (TPSA) is 25.8 Å². The van der Waals surface area contributed by atoms with Gasteiger partial charge in [-0.3, -0.25) is 0 Å². The molecular formula is C47H38N2. The minimum atomic E-state index is -0.0700. The van der Waals surface area contributed by atoms with Crippen molar-refractivity contribution in [3.63, 3.8) is 0 Å². The number of aryl methyl sites for hydroxylation is 1. The largest absolute Gasteiger partial charge is 0.228 e. The molecule has 236 valence electrons. The number of aromatic nitrogens is 2. The lowest BCUT2D eigenvalue weighted by Gasteiger charge is -2.22. The summed E-state index contributed by atoms with van der Waals surface area (Å²) in [5, 5.41) is 0. The lowest BCUT2D eigenvalue weighted by atomic mass is 9.81. The average Bonchev–Trinajstić information content (AvgIpc) is 3.38. The normalized spacial score (nSPS) is 12.7. The van der Waals surface area contributed by atoms with E-state index in [1.54, 1.807) is 0 Å². The van der Waals surface area contributed by atoms with E-state index in [0.717, 1.165) is 39.2 Å². The Hall–Kier alpha value is -5.86. The summed E-state index contributed by atoms with van der Waals surface area (Å²) >= 11 is 0. The summed E-state index contributed by atoms with van der Waals surface area (Å²) in [6.45, 7) is 11.5. The van der Waals surface area contributed by atoms with Gasteiger partial charge >= 0.3 is 0 Å². The Balaban J connectivity index is 1.34. The Morgan fingerprint density at radius 2 is 1.14 bits per heavy atom. The molecule has 7 aromatic rings. The van der Waals surface area contributed by atoms with Gasteiger partial charge in [0.2, 0.25) is 0 Å². The van der Waals surface area contributed by atoms with Crippen molar-refractivity contribution in [2.45, 2.75) is 32.6 Å². The van der Waals surface area contributed by atoms with Crippen molar-refractivity contribution in [1.82, 2.24) is 9.97 Å². The second-order valence-electron chi connectivity index (χ2n) is 13.6. The molecule has 8 rings (SSSR count). The van der Waals surface area contributed by atoms with Gasteiger partial charge < -0.3 is 0 Å². The zero-order valence-electron chi connectivity index (χ0n) is 28.2. The van der Waals surface area contributed by atoms with Gasteiger partial charge in [0.25, 0.3) is 0 Å². The first-order chi connectivity index (χ1) is 23.9. The molecule has 1 aromatic heterocycles. The monoisotopic (exact) mass is 630 g/mol. The van der Waals surface area contributed by atoms with E-state index >= 15 is 0 Å². The average molecular weight is 631 g/mol. The number of fused-ring (bicyclic) bond motifs is 3. The zero-order valence-corrected chi connectivity index (χ0v) is 28.2. The minimum absolute atomic E-state index is 0.0700. The molecule has 49 heavy (non-hydrogen) atoms. The summed E-state index contributed by atoms with van der Waals surface area (Å²) in [5.41, 5.74) is 17.0. The van der Waals surface area contributed by atoms with Crippen LogP contribution in [-0.2, 0) is 11.8 Å². The molecule has 0 amide bonds. The number of hydrogen-bond donors (Lipinski definition) is 0. The molecule has 0 aliphatic heterocycles. The van der Waals surface area contributed by atoms with Crippen molar-refractivity contribution >= 4 is 5.57 Å². The SMILES string of the molecule is C=C(Cc1ccccc1)c1nc(-c2ccccc2)nc(-c2ccccc2)c1-c1cc(-c2ccc3c(c2)C(C)(C)c2ccccc2-3)ccc1C. The molecule has 0 N–H and O–H groups in total. The third-order valence-electron chi connectivity index (χ3n) is 10.0. The first-order valence-electron chi connectivity index (χ1n) is 17.0. The van der Waals surface area contributed by atoms with Crippen LogP contribution in [0.2, 0.25) is 0 Å². The van der Waals surface area contributed by atoms with Crippen LogP contribution in [0.3, 0.4) is 0 Å². The fourth-order valence-electron chi connectivity index (χ4n) is 7.37. The Morgan fingerprint density at radius 1 is 0.551 bits per heavy atom. The van der Waals surface area contributed by atoms with E-state index in [0.29, 0.717) is 12.2 Å². The third-order valence-corrected chi connectivity index (χ3v) is 10.0. The summed E-state index contributed by atoms with van der Waals surface area (Å²) in [6.07, 6.45) is 0.687.